The van der Waals surface area contributed by atoms with Crippen LogP contribution in [0.25, 0.3) is 11.3 Å². The van der Waals surface area contributed by atoms with Crippen LogP contribution in [0.15, 0.2) is 53.0 Å². The van der Waals surface area contributed by atoms with E-state index in [1.807, 2.05) is 13.0 Å². The minimum absolute atomic E-state index is 0.239. The van der Waals surface area contributed by atoms with Crippen molar-refractivity contribution in [3.8, 4) is 11.3 Å². The van der Waals surface area contributed by atoms with Crippen LogP contribution in [-0.4, -0.2) is 22.0 Å². The number of hydrogen-bond donors (Lipinski definition) is 3. The average molecular weight is 399 g/mol. The average Bonchev–Trinajstić information content (AvgIpc) is 2.96. The quantitative estimate of drug-likeness (QED) is 0.626. The number of hydrogen-bond acceptors (Lipinski definition) is 3. The van der Waals surface area contributed by atoms with E-state index in [1.54, 1.807) is 42.5 Å². The Morgan fingerprint density at radius 1 is 1.12 bits per heavy atom. The highest BCUT2D eigenvalue weighted by atomic mass is 79.9. The Kier molecular flexibility index (Phi) is 4.67. The van der Waals surface area contributed by atoms with Crippen LogP contribution >= 0.6 is 15.9 Å². The largest absolute Gasteiger partial charge is 0.366 e. The molecule has 0 radical (unpaired) electrons. The van der Waals surface area contributed by atoms with Gasteiger partial charge >= 0.3 is 0 Å². The highest BCUT2D eigenvalue weighted by molar-refractivity contribution is 9.10. The van der Waals surface area contributed by atoms with Gasteiger partial charge in [0.1, 0.15) is 5.82 Å². The van der Waals surface area contributed by atoms with Gasteiger partial charge < -0.3 is 11.1 Å². The Morgan fingerprint density at radius 3 is 2.52 bits per heavy atom. The zero-order valence-corrected chi connectivity index (χ0v) is 14.9. The normalized spacial score (nSPS) is 10.5. The number of aromatic amines is 1. The number of benzene rings is 2. The topological polar surface area (TPSA) is 101 Å². The van der Waals surface area contributed by atoms with E-state index in [2.05, 4.69) is 31.4 Å². The molecule has 3 aromatic rings. The molecule has 1 heterocycles. The van der Waals surface area contributed by atoms with E-state index in [9.17, 15) is 9.59 Å². The van der Waals surface area contributed by atoms with Gasteiger partial charge in [-0.15, -0.1) is 0 Å². The molecule has 0 aliphatic carbocycles. The van der Waals surface area contributed by atoms with E-state index in [0.717, 1.165) is 15.6 Å². The first-order chi connectivity index (χ1) is 12.0. The molecule has 0 atom stereocenters. The summed E-state index contributed by atoms with van der Waals surface area (Å²) >= 11 is 3.34. The highest BCUT2D eigenvalue weighted by Crippen LogP contribution is 2.27. The number of primary amides is 1. The van der Waals surface area contributed by atoms with Crippen LogP contribution < -0.4 is 11.1 Å². The minimum Gasteiger partial charge on any atom is -0.366 e. The van der Waals surface area contributed by atoms with Crippen LogP contribution in [0.1, 0.15) is 26.3 Å². The maximum Gasteiger partial charge on any atom is 0.256 e. The molecule has 126 valence electrons. The van der Waals surface area contributed by atoms with E-state index in [0.29, 0.717) is 22.6 Å². The summed E-state index contributed by atoms with van der Waals surface area (Å²) in [7, 11) is 0. The Labute approximate surface area is 152 Å². The predicted octanol–water partition coefficient (Wildman–Crippen LogP) is 3.50. The summed E-state index contributed by atoms with van der Waals surface area (Å²) in [4.78, 5) is 23.7. The molecule has 0 aliphatic rings. The maximum absolute atomic E-state index is 12.3. The van der Waals surface area contributed by atoms with Gasteiger partial charge in [0, 0.05) is 26.7 Å². The van der Waals surface area contributed by atoms with E-state index in [4.69, 9.17) is 5.73 Å². The van der Waals surface area contributed by atoms with E-state index in [1.165, 1.54) is 0 Å². The molecule has 0 fully saturated rings. The number of H-pyrrole nitrogens is 1. The second kappa shape index (κ2) is 6.90. The Bertz CT molecular complexity index is 948. The van der Waals surface area contributed by atoms with Crippen molar-refractivity contribution in [3.63, 3.8) is 0 Å². The molecule has 3 rings (SSSR count). The van der Waals surface area contributed by atoms with Crippen LogP contribution in [0.2, 0.25) is 0 Å². The SMILES string of the molecule is Cc1c(-c2cccc(C(N)=O)c2)n[nH]c1NC(=O)c1ccc(Br)cc1. The number of aromatic nitrogens is 2. The van der Waals surface area contributed by atoms with Crippen LogP contribution in [0.5, 0.6) is 0 Å². The first kappa shape index (κ1) is 16.9. The van der Waals surface area contributed by atoms with Gasteiger partial charge in [-0.3, -0.25) is 14.7 Å². The number of amides is 2. The molecule has 0 saturated heterocycles. The number of carbonyl (C=O) groups is 2. The highest BCUT2D eigenvalue weighted by Gasteiger charge is 2.15. The fourth-order valence-corrected chi connectivity index (χ4v) is 2.67. The molecule has 0 bridgehead atoms. The van der Waals surface area contributed by atoms with E-state index < -0.39 is 5.91 Å². The summed E-state index contributed by atoms with van der Waals surface area (Å²) in [5.74, 6) is -0.233. The summed E-state index contributed by atoms with van der Waals surface area (Å²) < 4.78 is 0.901. The molecule has 6 nitrogen and oxygen atoms in total. The Balaban J connectivity index is 1.86. The summed E-state index contributed by atoms with van der Waals surface area (Å²) in [6.45, 7) is 1.84. The van der Waals surface area contributed by atoms with Gasteiger partial charge in [-0.1, -0.05) is 28.1 Å². The number of anilines is 1. The molecule has 7 heteroatoms. The van der Waals surface area contributed by atoms with Gasteiger partial charge in [0.2, 0.25) is 5.91 Å². The fourth-order valence-electron chi connectivity index (χ4n) is 2.41. The van der Waals surface area contributed by atoms with Crippen molar-refractivity contribution in [1.82, 2.24) is 10.2 Å². The number of nitrogens with one attached hydrogen (secondary N) is 2. The first-order valence-electron chi connectivity index (χ1n) is 7.48. The second-order valence-electron chi connectivity index (χ2n) is 5.48. The summed E-state index contributed by atoms with van der Waals surface area (Å²) in [6, 6.07) is 13.9. The molecule has 1 aromatic heterocycles. The molecule has 25 heavy (non-hydrogen) atoms. The Morgan fingerprint density at radius 2 is 1.84 bits per heavy atom. The standard InChI is InChI=1S/C18H15BrN4O2/c1-10-15(12-3-2-4-13(9-12)16(20)24)22-23-17(10)21-18(25)11-5-7-14(19)8-6-11/h2-9H,1H3,(H2,20,24)(H2,21,22,23,25). The van der Waals surface area contributed by atoms with Crippen LogP contribution in [0.4, 0.5) is 5.82 Å². The monoisotopic (exact) mass is 398 g/mol. The lowest BCUT2D eigenvalue weighted by Crippen LogP contribution is -2.12. The van der Waals surface area contributed by atoms with Crippen molar-refractivity contribution in [1.29, 1.82) is 0 Å². The number of halogens is 1. The van der Waals surface area contributed by atoms with Crippen molar-refractivity contribution >= 4 is 33.6 Å². The molecule has 0 unspecified atom stereocenters. The smallest absolute Gasteiger partial charge is 0.256 e. The van der Waals surface area contributed by atoms with Crippen LogP contribution in [-0.2, 0) is 0 Å². The van der Waals surface area contributed by atoms with Crippen molar-refractivity contribution in [2.45, 2.75) is 6.92 Å². The third-order valence-electron chi connectivity index (χ3n) is 3.78. The maximum atomic E-state index is 12.3. The predicted molar refractivity (Wildman–Crippen MR) is 99.4 cm³/mol. The second-order valence-corrected chi connectivity index (χ2v) is 6.39. The van der Waals surface area contributed by atoms with Crippen molar-refractivity contribution < 1.29 is 9.59 Å². The van der Waals surface area contributed by atoms with Crippen LogP contribution in [0.3, 0.4) is 0 Å². The van der Waals surface area contributed by atoms with Gasteiger partial charge in [0.05, 0.1) is 5.69 Å². The molecule has 4 N–H and O–H groups in total. The molecule has 0 spiro atoms. The van der Waals surface area contributed by atoms with Gasteiger partial charge in [-0.2, -0.15) is 5.10 Å². The lowest BCUT2D eigenvalue weighted by Gasteiger charge is -2.05. The van der Waals surface area contributed by atoms with E-state index in [-0.39, 0.29) is 5.91 Å². The van der Waals surface area contributed by atoms with Crippen molar-refractivity contribution in [2.75, 3.05) is 5.32 Å². The van der Waals surface area contributed by atoms with Crippen molar-refractivity contribution in [2.24, 2.45) is 5.73 Å². The number of nitrogens with two attached hydrogens (primary N) is 1. The first-order valence-corrected chi connectivity index (χ1v) is 8.27. The fraction of sp³-hybridized carbons (Fsp3) is 0.0556. The summed E-state index contributed by atoms with van der Waals surface area (Å²) in [5.41, 5.74) is 8.42. The Hall–Kier alpha value is -2.93. The van der Waals surface area contributed by atoms with Gasteiger partial charge in [-0.05, 0) is 43.3 Å². The molecule has 0 aliphatic heterocycles. The summed E-state index contributed by atoms with van der Waals surface area (Å²) in [6.07, 6.45) is 0. The van der Waals surface area contributed by atoms with Gasteiger partial charge in [0.15, 0.2) is 0 Å². The number of nitrogens with zero attached hydrogens (tertiary/aromatic N) is 1. The van der Waals surface area contributed by atoms with Gasteiger partial charge in [0.25, 0.3) is 5.91 Å². The zero-order chi connectivity index (χ0) is 18.0. The molecule has 2 aromatic carbocycles. The third-order valence-corrected chi connectivity index (χ3v) is 4.30. The van der Waals surface area contributed by atoms with E-state index >= 15 is 0 Å². The van der Waals surface area contributed by atoms with Crippen LogP contribution in [0, 0.1) is 6.92 Å². The third kappa shape index (κ3) is 3.61. The lowest BCUT2D eigenvalue weighted by molar-refractivity contribution is 0.0997. The minimum atomic E-state index is -0.501. The summed E-state index contributed by atoms with van der Waals surface area (Å²) in [5, 5.41) is 9.88. The number of rotatable bonds is 4. The van der Waals surface area contributed by atoms with Gasteiger partial charge in [-0.25, -0.2) is 0 Å². The molecular formula is C18H15BrN4O2. The molecule has 2 amide bonds. The molecular weight excluding hydrogens is 384 g/mol. The zero-order valence-electron chi connectivity index (χ0n) is 13.3. The number of carbonyl (C=O) groups excluding carboxylic acids is 2. The lowest BCUT2D eigenvalue weighted by atomic mass is 10.1. The van der Waals surface area contributed by atoms with Crippen molar-refractivity contribution in [3.05, 3.63) is 69.7 Å². The molecule has 0 saturated carbocycles.